The van der Waals surface area contributed by atoms with E-state index in [0.29, 0.717) is 5.56 Å². The number of nitrogens with zero attached hydrogens (tertiary/aromatic N) is 1. The van der Waals surface area contributed by atoms with E-state index in [2.05, 4.69) is 10.3 Å². The molecule has 0 saturated carbocycles. The van der Waals surface area contributed by atoms with Crippen LogP contribution in [-0.4, -0.2) is 16.4 Å². The van der Waals surface area contributed by atoms with E-state index in [4.69, 9.17) is 23.2 Å². The quantitative estimate of drug-likeness (QED) is 0.848. The molecule has 0 saturated heterocycles. The SMILES string of the molecule is CCC(C)(C)NC(=O)c1cnc(Cl)c(Cl)c1. The number of carbonyl (C=O) groups excluding carboxylic acids is 1. The third-order valence-corrected chi connectivity index (χ3v) is 3.08. The monoisotopic (exact) mass is 260 g/mol. The molecule has 0 aliphatic rings. The smallest absolute Gasteiger partial charge is 0.253 e. The van der Waals surface area contributed by atoms with Gasteiger partial charge in [0.05, 0.1) is 10.6 Å². The van der Waals surface area contributed by atoms with Crippen LogP contribution in [0, 0.1) is 0 Å². The van der Waals surface area contributed by atoms with Gasteiger partial charge in [0, 0.05) is 11.7 Å². The maximum atomic E-state index is 11.8. The van der Waals surface area contributed by atoms with E-state index in [0.717, 1.165) is 6.42 Å². The highest BCUT2D eigenvalue weighted by molar-refractivity contribution is 6.41. The molecular formula is C11H14Cl2N2O. The molecular weight excluding hydrogens is 247 g/mol. The lowest BCUT2D eigenvalue weighted by molar-refractivity contribution is 0.0911. The molecule has 1 aromatic rings. The number of hydrogen-bond acceptors (Lipinski definition) is 2. The fraction of sp³-hybridized carbons (Fsp3) is 0.455. The largest absolute Gasteiger partial charge is 0.347 e. The second-order valence-electron chi connectivity index (χ2n) is 4.19. The van der Waals surface area contributed by atoms with Crippen LogP contribution >= 0.6 is 23.2 Å². The van der Waals surface area contributed by atoms with E-state index >= 15 is 0 Å². The standard InChI is InChI=1S/C11H14Cl2N2O/c1-4-11(2,3)15-10(16)7-5-8(12)9(13)14-6-7/h5-6H,4H2,1-3H3,(H,15,16). The normalized spacial score (nSPS) is 11.3. The van der Waals surface area contributed by atoms with Crippen LogP contribution in [0.4, 0.5) is 0 Å². The van der Waals surface area contributed by atoms with Crippen molar-refractivity contribution in [2.75, 3.05) is 0 Å². The number of nitrogens with one attached hydrogen (secondary N) is 1. The van der Waals surface area contributed by atoms with Gasteiger partial charge in [-0.25, -0.2) is 4.98 Å². The van der Waals surface area contributed by atoms with Gasteiger partial charge in [-0.2, -0.15) is 0 Å². The van der Waals surface area contributed by atoms with E-state index in [1.165, 1.54) is 12.3 Å². The highest BCUT2D eigenvalue weighted by Crippen LogP contribution is 2.20. The number of pyridine rings is 1. The Morgan fingerprint density at radius 2 is 2.12 bits per heavy atom. The second-order valence-corrected chi connectivity index (χ2v) is 4.95. The van der Waals surface area contributed by atoms with Gasteiger partial charge in [0.2, 0.25) is 0 Å². The first-order valence-corrected chi connectivity index (χ1v) is 5.75. The highest BCUT2D eigenvalue weighted by Gasteiger charge is 2.19. The van der Waals surface area contributed by atoms with Crippen LogP contribution < -0.4 is 5.32 Å². The molecule has 0 radical (unpaired) electrons. The van der Waals surface area contributed by atoms with Crippen LogP contribution in [0.2, 0.25) is 10.2 Å². The van der Waals surface area contributed by atoms with Crippen LogP contribution in [0.15, 0.2) is 12.3 Å². The third kappa shape index (κ3) is 3.35. The molecule has 3 nitrogen and oxygen atoms in total. The molecule has 1 heterocycles. The van der Waals surface area contributed by atoms with Gasteiger partial charge in [0.1, 0.15) is 5.15 Å². The van der Waals surface area contributed by atoms with Gasteiger partial charge in [-0.1, -0.05) is 30.1 Å². The maximum Gasteiger partial charge on any atom is 0.253 e. The van der Waals surface area contributed by atoms with E-state index < -0.39 is 0 Å². The Morgan fingerprint density at radius 1 is 1.50 bits per heavy atom. The van der Waals surface area contributed by atoms with Crippen molar-refractivity contribution < 1.29 is 4.79 Å². The fourth-order valence-electron chi connectivity index (χ4n) is 1.01. The summed E-state index contributed by atoms with van der Waals surface area (Å²) in [4.78, 5) is 15.7. The molecule has 1 aromatic heterocycles. The van der Waals surface area contributed by atoms with Crippen molar-refractivity contribution in [2.24, 2.45) is 0 Å². The molecule has 1 amide bonds. The number of halogens is 2. The predicted molar refractivity (Wildman–Crippen MR) is 66.1 cm³/mol. The predicted octanol–water partition coefficient (Wildman–Crippen LogP) is 3.31. The molecule has 88 valence electrons. The number of aromatic nitrogens is 1. The van der Waals surface area contributed by atoms with Gasteiger partial charge < -0.3 is 5.32 Å². The second kappa shape index (κ2) is 5.02. The zero-order valence-corrected chi connectivity index (χ0v) is 11.0. The van der Waals surface area contributed by atoms with Gasteiger partial charge in [-0.05, 0) is 26.3 Å². The molecule has 1 rings (SSSR count). The lowest BCUT2D eigenvalue weighted by Crippen LogP contribution is -2.42. The maximum absolute atomic E-state index is 11.8. The minimum atomic E-state index is -0.247. The van der Waals surface area contributed by atoms with E-state index in [1.807, 2.05) is 20.8 Å². The van der Waals surface area contributed by atoms with Crippen molar-refractivity contribution in [2.45, 2.75) is 32.7 Å². The Bertz CT molecular complexity index is 405. The van der Waals surface area contributed by atoms with Crippen molar-refractivity contribution in [1.82, 2.24) is 10.3 Å². The highest BCUT2D eigenvalue weighted by atomic mass is 35.5. The molecule has 0 fully saturated rings. The summed E-state index contributed by atoms with van der Waals surface area (Å²) in [6, 6.07) is 1.51. The molecule has 0 spiro atoms. The summed E-state index contributed by atoms with van der Waals surface area (Å²) in [7, 11) is 0. The molecule has 0 aliphatic carbocycles. The molecule has 0 unspecified atom stereocenters. The molecule has 0 atom stereocenters. The van der Waals surface area contributed by atoms with E-state index in [1.54, 1.807) is 0 Å². The van der Waals surface area contributed by atoms with Gasteiger partial charge in [-0.15, -0.1) is 0 Å². The average molecular weight is 261 g/mol. The van der Waals surface area contributed by atoms with Crippen molar-refractivity contribution in [3.8, 4) is 0 Å². The summed E-state index contributed by atoms with van der Waals surface area (Å²) in [5.74, 6) is -0.196. The Hall–Kier alpha value is -0.800. The van der Waals surface area contributed by atoms with Crippen molar-refractivity contribution >= 4 is 29.1 Å². The molecule has 0 aromatic carbocycles. The van der Waals surface area contributed by atoms with Gasteiger partial charge in [0.15, 0.2) is 0 Å². The number of rotatable bonds is 3. The first-order valence-electron chi connectivity index (χ1n) is 4.99. The lowest BCUT2D eigenvalue weighted by atomic mass is 10.0. The molecule has 16 heavy (non-hydrogen) atoms. The summed E-state index contributed by atoms with van der Waals surface area (Å²) < 4.78 is 0. The summed E-state index contributed by atoms with van der Waals surface area (Å²) in [5, 5.41) is 3.37. The molecule has 0 bridgehead atoms. The Labute approximate surface area is 105 Å². The fourth-order valence-corrected chi connectivity index (χ4v) is 1.28. The topological polar surface area (TPSA) is 42.0 Å². The minimum Gasteiger partial charge on any atom is -0.347 e. The summed E-state index contributed by atoms with van der Waals surface area (Å²) in [6.07, 6.45) is 2.25. The summed E-state index contributed by atoms with van der Waals surface area (Å²) >= 11 is 11.5. The zero-order chi connectivity index (χ0) is 12.3. The Balaban J connectivity index is 2.85. The third-order valence-electron chi connectivity index (χ3n) is 2.39. The molecule has 0 aliphatic heterocycles. The van der Waals surface area contributed by atoms with Crippen molar-refractivity contribution in [3.05, 3.63) is 28.0 Å². The van der Waals surface area contributed by atoms with Crippen molar-refractivity contribution in [3.63, 3.8) is 0 Å². The number of amides is 1. The van der Waals surface area contributed by atoms with Gasteiger partial charge in [-0.3, -0.25) is 4.79 Å². The molecule has 5 heteroatoms. The summed E-state index contributed by atoms with van der Waals surface area (Å²) in [5.41, 5.74) is 0.166. The van der Waals surface area contributed by atoms with Crippen LogP contribution in [0.25, 0.3) is 0 Å². The van der Waals surface area contributed by atoms with E-state index in [9.17, 15) is 4.79 Å². The van der Waals surface area contributed by atoms with Crippen LogP contribution in [0.5, 0.6) is 0 Å². The number of hydrogen-bond donors (Lipinski definition) is 1. The van der Waals surface area contributed by atoms with E-state index in [-0.39, 0.29) is 21.6 Å². The Kier molecular flexibility index (Phi) is 4.16. The lowest BCUT2D eigenvalue weighted by Gasteiger charge is -2.24. The van der Waals surface area contributed by atoms with Gasteiger partial charge >= 0.3 is 0 Å². The molecule has 1 N–H and O–H groups in total. The number of carbonyl (C=O) groups is 1. The first-order chi connectivity index (χ1) is 7.35. The van der Waals surface area contributed by atoms with Crippen LogP contribution in [-0.2, 0) is 0 Å². The van der Waals surface area contributed by atoms with Gasteiger partial charge in [0.25, 0.3) is 5.91 Å². The van der Waals surface area contributed by atoms with Crippen molar-refractivity contribution in [1.29, 1.82) is 0 Å². The zero-order valence-electron chi connectivity index (χ0n) is 9.47. The average Bonchev–Trinajstić information content (AvgIpc) is 2.21. The van der Waals surface area contributed by atoms with Crippen LogP contribution in [0.3, 0.4) is 0 Å². The first kappa shape index (κ1) is 13.3. The minimum absolute atomic E-state index is 0.196. The Morgan fingerprint density at radius 3 is 2.62 bits per heavy atom. The summed E-state index contributed by atoms with van der Waals surface area (Å²) in [6.45, 7) is 5.92. The van der Waals surface area contributed by atoms with Crippen LogP contribution in [0.1, 0.15) is 37.6 Å².